The maximum Gasteiger partial charge on any atom is 0.0991 e. The Labute approximate surface area is 74.7 Å². The van der Waals surface area contributed by atoms with Crippen LogP contribution in [0.3, 0.4) is 0 Å². The van der Waals surface area contributed by atoms with Crippen LogP contribution in [0.5, 0.6) is 0 Å². The van der Waals surface area contributed by atoms with Gasteiger partial charge in [0.05, 0.1) is 11.6 Å². The molecule has 0 fully saturated rings. The molecule has 0 aliphatic carbocycles. The third-order valence-corrected chi connectivity index (χ3v) is 1.17. The first-order valence-corrected chi connectivity index (χ1v) is 3.96. The van der Waals surface area contributed by atoms with E-state index in [0.29, 0.717) is 5.57 Å². The van der Waals surface area contributed by atoms with Crippen LogP contribution >= 0.6 is 0 Å². The van der Waals surface area contributed by atoms with Crippen molar-refractivity contribution in [1.29, 1.82) is 5.26 Å². The number of nitrogens with zero attached hydrogens (tertiary/aromatic N) is 1. The fraction of sp³-hybridized carbons (Fsp3) is 0.364. The molecule has 0 aromatic heterocycles. The molecular formula is C11H15N. The topological polar surface area (TPSA) is 23.8 Å². The third-order valence-electron chi connectivity index (χ3n) is 1.17. The lowest BCUT2D eigenvalue weighted by Gasteiger charge is -1.89. The lowest BCUT2D eigenvalue weighted by atomic mass is 10.2. The first kappa shape index (κ1) is 10.7. The summed E-state index contributed by atoms with van der Waals surface area (Å²) in [5.41, 5.74) is 3.05. The van der Waals surface area contributed by atoms with Gasteiger partial charge in [0, 0.05) is 0 Å². The average Bonchev–Trinajstić information content (AvgIpc) is 1.97. The highest BCUT2D eigenvalue weighted by molar-refractivity contribution is 5.37. The molecule has 0 spiro atoms. The molecule has 1 heteroatoms. The first-order chi connectivity index (χ1) is 5.56. The van der Waals surface area contributed by atoms with Crippen molar-refractivity contribution in [1.82, 2.24) is 0 Å². The van der Waals surface area contributed by atoms with Crippen molar-refractivity contribution in [2.45, 2.75) is 27.7 Å². The molecule has 1 nitrogen and oxygen atoms in total. The number of allylic oxidation sites excluding steroid dienone is 6. The Kier molecular flexibility index (Phi) is 4.79. The molecule has 0 saturated carbocycles. The molecule has 0 heterocycles. The minimum Gasteiger partial charge on any atom is -0.192 e. The second-order valence-corrected chi connectivity index (χ2v) is 3.20. The highest BCUT2D eigenvalue weighted by Gasteiger charge is 1.86. The maximum atomic E-state index is 8.70. The molecule has 0 bridgehead atoms. The van der Waals surface area contributed by atoms with Gasteiger partial charge in [-0.1, -0.05) is 17.2 Å². The minimum atomic E-state index is 0.705. The second kappa shape index (κ2) is 5.37. The zero-order valence-electron chi connectivity index (χ0n) is 8.18. The molecule has 0 rings (SSSR count). The zero-order chi connectivity index (χ0) is 9.56. The summed E-state index contributed by atoms with van der Waals surface area (Å²) < 4.78 is 0. The molecule has 0 aromatic rings. The van der Waals surface area contributed by atoms with Crippen molar-refractivity contribution in [3.8, 4) is 6.07 Å². The van der Waals surface area contributed by atoms with Gasteiger partial charge in [-0.15, -0.1) is 0 Å². The molecule has 0 amide bonds. The van der Waals surface area contributed by atoms with Gasteiger partial charge in [0.1, 0.15) is 0 Å². The van der Waals surface area contributed by atoms with E-state index >= 15 is 0 Å². The monoisotopic (exact) mass is 161 g/mol. The maximum absolute atomic E-state index is 8.70. The molecule has 0 unspecified atom stereocenters. The Balaban J connectivity index is 4.60. The lowest BCUT2D eigenvalue weighted by Crippen LogP contribution is -1.73. The average molecular weight is 161 g/mol. The van der Waals surface area contributed by atoms with Crippen LogP contribution in [-0.2, 0) is 0 Å². The van der Waals surface area contributed by atoms with Crippen LogP contribution in [0.2, 0.25) is 0 Å². The zero-order valence-corrected chi connectivity index (χ0v) is 8.18. The molecule has 0 N–H and O–H groups in total. The van der Waals surface area contributed by atoms with Gasteiger partial charge in [-0.3, -0.25) is 0 Å². The number of hydrogen-bond acceptors (Lipinski definition) is 1. The molecule has 12 heavy (non-hydrogen) atoms. The summed E-state index contributed by atoms with van der Waals surface area (Å²) in [6.45, 7) is 7.98. The highest BCUT2D eigenvalue weighted by atomic mass is 14.2. The van der Waals surface area contributed by atoms with Gasteiger partial charge >= 0.3 is 0 Å². The fourth-order valence-corrected chi connectivity index (χ4v) is 0.685. The van der Waals surface area contributed by atoms with Gasteiger partial charge in [0.15, 0.2) is 0 Å². The summed E-state index contributed by atoms with van der Waals surface area (Å²) >= 11 is 0. The summed E-state index contributed by atoms with van der Waals surface area (Å²) in [4.78, 5) is 0. The second-order valence-electron chi connectivity index (χ2n) is 3.20. The van der Waals surface area contributed by atoms with E-state index < -0.39 is 0 Å². The van der Waals surface area contributed by atoms with Crippen molar-refractivity contribution in [3.05, 3.63) is 34.9 Å². The largest absolute Gasteiger partial charge is 0.192 e. The summed E-state index contributed by atoms with van der Waals surface area (Å²) in [5.74, 6) is 0. The Morgan fingerprint density at radius 1 is 1.00 bits per heavy atom. The van der Waals surface area contributed by atoms with E-state index in [0.717, 1.165) is 5.57 Å². The fourth-order valence-electron chi connectivity index (χ4n) is 0.685. The Morgan fingerprint density at radius 3 is 1.92 bits per heavy atom. The molecule has 0 saturated heterocycles. The first-order valence-electron chi connectivity index (χ1n) is 3.96. The van der Waals surface area contributed by atoms with E-state index in [9.17, 15) is 0 Å². The van der Waals surface area contributed by atoms with Crippen molar-refractivity contribution >= 4 is 0 Å². The minimum absolute atomic E-state index is 0.705. The summed E-state index contributed by atoms with van der Waals surface area (Å²) in [6, 6.07) is 2.13. The van der Waals surface area contributed by atoms with E-state index in [1.54, 1.807) is 0 Å². The van der Waals surface area contributed by atoms with Crippen LogP contribution in [0.1, 0.15) is 27.7 Å². The third kappa shape index (κ3) is 5.49. The molecular weight excluding hydrogens is 146 g/mol. The van der Waals surface area contributed by atoms with Crippen LogP contribution in [0.15, 0.2) is 34.9 Å². The van der Waals surface area contributed by atoms with Gasteiger partial charge < -0.3 is 0 Å². The Morgan fingerprint density at radius 2 is 1.58 bits per heavy atom. The van der Waals surface area contributed by atoms with Crippen LogP contribution in [0.4, 0.5) is 0 Å². The van der Waals surface area contributed by atoms with Crippen LogP contribution < -0.4 is 0 Å². The quantitative estimate of drug-likeness (QED) is 0.450. The van der Waals surface area contributed by atoms with Gasteiger partial charge in [0.25, 0.3) is 0 Å². The molecule has 64 valence electrons. The van der Waals surface area contributed by atoms with Crippen molar-refractivity contribution < 1.29 is 0 Å². The van der Waals surface area contributed by atoms with E-state index in [1.165, 1.54) is 5.57 Å². The van der Waals surface area contributed by atoms with Crippen molar-refractivity contribution in [3.63, 3.8) is 0 Å². The van der Waals surface area contributed by atoms with Crippen molar-refractivity contribution in [2.24, 2.45) is 0 Å². The summed E-state index contributed by atoms with van der Waals surface area (Å²) in [6.07, 6.45) is 5.65. The summed E-state index contributed by atoms with van der Waals surface area (Å²) in [5, 5.41) is 8.70. The van der Waals surface area contributed by atoms with Gasteiger partial charge in [0.2, 0.25) is 0 Å². The van der Waals surface area contributed by atoms with E-state index in [4.69, 9.17) is 5.26 Å². The van der Waals surface area contributed by atoms with Crippen molar-refractivity contribution in [2.75, 3.05) is 0 Å². The van der Waals surface area contributed by atoms with Crippen LogP contribution in [0.25, 0.3) is 0 Å². The van der Waals surface area contributed by atoms with Crippen LogP contribution in [0, 0.1) is 11.3 Å². The predicted octanol–water partition coefficient (Wildman–Crippen LogP) is 3.37. The Hall–Kier alpha value is -1.29. The molecule has 0 aliphatic heterocycles. The molecule has 0 aliphatic rings. The Bertz CT molecular complexity index is 264. The SMILES string of the molecule is CC(C)=C/C=C(\C#N)C=C(C)C. The molecule has 0 atom stereocenters. The molecule has 0 aromatic carbocycles. The van der Waals surface area contributed by atoms with E-state index in [-0.39, 0.29) is 0 Å². The smallest absolute Gasteiger partial charge is 0.0991 e. The molecule has 0 radical (unpaired) electrons. The lowest BCUT2D eigenvalue weighted by molar-refractivity contribution is 1.36. The van der Waals surface area contributed by atoms with E-state index in [2.05, 4.69) is 6.07 Å². The predicted molar refractivity (Wildman–Crippen MR) is 52.6 cm³/mol. The van der Waals surface area contributed by atoms with Gasteiger partial charge in [-0.05, 0) is 39.8 Å². The summed E-state index contributed by atoms with van der Waals surface area (Å²) in [7, 11) is 0. The highest BCUT2D eigenvalue weighted by Crippen LogP contribution is 2.02. The van der Waals surface area contributed by atoms with Crippen LogP contribution in [-0.4, -0.2) is 0 Å². The number of nitriles is 1. The number of hydrogen-bond donors (Lipinski definition) is 0. The van der Waals surface area contributed by atoms with Gasteiger partial charge in [-0.25, -0.2) is 0 Å². The number of rotatable bonds is 2. The van der Waals surface area contributed by atoms with E-state index in [1.807, 2.05) is 45.9 Å². The standard InChI is InChI=1S/C11H15N/c1-9(2)5-6-11(8-12)7-10(3)4/h5-7H,1-4H3/b11-6-. The van der Waals surface area contributed by atoms with Gasteiger partial charge in [-0.2, -0.15) is 5.26 Å². The normalized spacial score (nSPS) is 10.1.